The van der Waals surface area contributed by atoms with Gasteiger partial charge in [-0.1, -0.05) is 23.7 Å². The number of halogens is 1. The minimum atomic E-state index is 0.153. The van der Waals surface area contributed by atoms with Crippen LogP contribution in [0.2, 0.25) is 5.02 Å². The summed E-state index contributed by atoms with van der Waals surface area (Å²) in [6.07, 6.45) is 3.99. The Balaban J connectivity index is 1.37. The van der Waals surface area contributed by atoms with Gasteiger partial charge in [0.2, 0.25) is 5.91 Å². The van der Waals surface area contributed by atoms with Crippen LogP contribution in [0.15, 0.2) is 48.8 Å². The van der Waals surface area contributed by atoms with Gasteiger partial charge in [0.1, 0.15) is 5.82 Å². The number of fused-ring (bicyclic) bond motifs is 1. The van der Waals surface area contributed by atoms with Gasteiger partial charge in [-0.15, -0.1) is 5.10 Å². The van der Waals surface area contributed by atoms with Crippen LogP contribution in [0.1, 0.15) is 5.56 Å². The Labute approximate surface area is 150 Å². The lowest BCUT2D eigenvalue weighted by atomic mass is 10.1. The maximum atomic E-state index is 12.5. The minimum Gasteiger partial charge on any atom is -0.352 e. The van der Waals surface area contributed by atoms with E-state index in [1.165, 1.54) is 0 Å². The zero-order valence-electron chi connectivity index (χ0n) is 13.7. The van der Waals surface area contributed by atoms with E-state index in [0.29, 0.717) is 24.5 Å². The van der Waals surface area contributed by atoms with Gasteiger partial charge in [0.25, 0.3) is 0 Å². The molecule has 1 saturated heterocycles. The fourth-order valence-corrected chi connectivity index (χ4v) is 3.17. The Bertz CT molecular complexity index is 884. The summed E-state index contributed by atoms with van der Waals surface area (Å²) in [5.74, 6) is 1.07. The van der Waals surface area contributed by atoms with E-state index in [4.69, 9.17) is 11.6 Å². The van der Waals surface area contributed by atoms with Crippen LogP contribution in [0.3, 0.4) is 0 Å². The average Bonchev–Trinajstić information content (AvgIpc) is 3.11. The number of nitrogens with zero attached hydrogens (tertiary/aromatic N) is 5. The molecule has 0 unspecified atom stereocenters. The molecule has 0 spiro atoms. The molecule has 0 atom stereocenters. The number of anilines is 1. The summed E-state index contributed by atoms with van der Waals surface area (Å²) < 4.78 is 1.77. The third-order valence-electron chi connectivity index (χ3n) is 4.47. The highest BCUT2D eigenvalue weighted by Gasteiger charge is 2.22. The second kappa shape index (κ2) is 6.72. The van der Waals surface area contributed by atoms with Gasteiger partial charge in [-0.25, -0.2) is 9.50 Å². The van der Waals surface area contributed by atoms with Gasteiger partial charge < -0.3 is 9.80 Å². The molecule has 128 valence electrons. The van der Waals surface area contributed by atoms with Crippen molar-refractivity contribution in [1.82, 2.24) is 19.5 Å². The molecule has 0 N–H and O–H groups in total. The number of amides is 1. The van der Waals surface area contributed by atoms with Crippen LogP contribution in [0.4, 0.5) is 5.82 Å². The number of rotatable bonds is 3. The van der Waals surface area contributed by atoms with Crippen LogP contribution < -0.4 is 4.90 Å². The van der Waals surface area contributed by atoms with Gasteiger partial charge >= 0.3 is 0 Å². The zero-order valence-corrected chi connectivity index (χ0v) is 14.4. The average molecular weight is 356 g/mol. The van der Waals surface area contributed by atoms with Crippen molar-refractivity contribution in [2.45, 2.75) is 6.42 Å². The first kappa shape index (κ1) is 15.9. The van der Waals surface area contributed by atoms with Gasteiger partial charge in [-0.2, -0.15) is 0 Å². The molecule has 3 aromatic rings. The van der Waals surface area contributed by atoms with Crippen molar-refractivity contribution < 1.29 is 4.79 Å². The largest absolute Gasteiger partial charge is 0.352 e. The smallest absolute Gasteiger partial charge is 0.227 e. The van der Waals surface area contributed by atoms with Crippen molar-refractivity contribution in [3.05, 3.63) is 59.4 Å². The predicted molar refractivity (Wildman–Crippen MR) is 96.9 cm³/mol. The molecule has 0 saturated carbocycles. The Hall–Kier alpha value is -2.60. The first-order chi connectivity index (χ1) is 12.2. The molecule has 1 aromatic carbocycles. The minimum absolute atomic E-state index is 0.153. The van der Waals surface area contributed by atoms with Gasteiger partial charge in [0.05, 0.1) is 6.42 Å². The van der Waals surface area contributed by atoms with E-state index in [0.717, 1.165) is 30.1 Å². The van der Waals surface area contributed by atoms with Crippen molar-refractivity contribution in [1.29, 1.82) is 0 Å². The Kier molecular flexibility index (Phi) is 4.28. The highest BCUT2D eigenvalue weighted by molar-refractivity contribution is 6.30. The molecule has 7 heteroatoms. The molecule has 1 aliphatic heterocycles. The number of hydrogen-bond acceptors (Lipinski definition) is 4. The molecule has 0 aliphatic carbocycles. The van der Waals surface area contributed by atoms with E-state index in [1.54, 1.807) is 10.7 Å². The number of carbonyl (C=O) groups excluding carboxylic acids is 1. The van der Waals surface area contributed by atoms with Crippen LogP contribution in [-0.4, -0.2) is 51.6 Å². The highest BCUT2D eigenvalue weighted by atomic mass is 35.5. The number of carbonyl (C=O) groups is 1. The summed E-state index contributed by atoms with van der Waals surface area (Å²) in [5.41, 5.74) is 1.82. The van der Waals surface area contributed by atoms with E-state index in [-0.39, 0.29) is 5.91 Å². The molecule has 3 heterocycles. The van der Waals surface area contributed by atoms with E-state index in [1.807, 2.05) is 47.5 Å². The molecule has 1 amide bonds. The quantitative estimate of drug-likeness (QED) is 0.723. The number of benzene rings is 1. The summed E-state index contributed by atoms with van der Waals surface area (Å²) in [4.78, 5) is 20.8. The van der Waals surface area contributed by atoms with E-state index in [2.05, 4.69) is 15.0 Å². The van der Waals surface area contributed by atoms with Crippen molar-refractivity contribution in [3.8, 4) is 0 Å². The highest BCUT2D eigenvalue weighted by Crippen LogP contribution is 2.16. The van der Waals surface area contributed by atoms with Crippen LogP contribution in [0.5, 0.6) is 0 Å². The molecule has 1 aliphatic rings. The molecule has 0 radical (unpaired) electrons. The Morgan fingerprint density at radius 2 is 1.80 bits per heavy atom. The molecular formula is C18H18ClN5O. The van der Waals surface area contributed by atoms with Gasteiger partial charge in [0.15, 0.2) is 5.65 Å². The standard InChI is InChI=1S/C18H18ClN5O/c19-15-3-1-14(2-4-15)13-18(25)23-11-9-22(10-12-23)17-6-5-16-20-7-8-24(16)21-17/h1-8H,9-13H2. The van der Waals surface area contributed by atoms with E-state index >= 15 is 0 Å². The number of piperazine rings is 1. The Morgan fingerprint density at radius 3 is 2.56 bits per heavy atom. The molecule has 2 aromatic heterocycles. The SMILES string of the molecule is O=C(Cc1ccc(Cl)cc1)N1CCN(c2ccc3nccn3n2)CC1. The third-order valence-corrected chi connectivity index (χ3v) is 4.72. The third kappa shape index (κ3) is 3.44. The van der Waals surface area contributed by atoms with E-state index in [9.17, 15) is 4.79 Å². The summed E-state index contributed by atoms with van der Waals surface area (Å²) in [7, 11) is 0. The fourth-order valence-electron chi connectivity index (χ4n) is 3.05. The lowest BCUT2D eigenvalue weighted by molar-refractivity contribution is -0.130. The van der Waals surface area contributed by atoms with Gasteiger partial charge in [-0.3, -0.25) is 4.79 Å². The topological polar surface area (TPSA) is 53.7 Å². The summed E-state index contributed by atoms with van der Waals surface area (Å²) in [5, 5.41) is 5.26. The maximum absolute atomic E-state index is 12.5. The zero-order chi connectivity index (χ0) is 17.2. The number of imidazole rings is 1. The van der Waals surface area contributed by atoms with Crippen molar-refractivity contribution in [2.24, 2.45) is 0 Å². The lowest BCUT2D eigenvalue weighted by Crippen LogP contribution is -2.49. The Morgan fingerprint density at radius 1 is 1.04 bits per heavy atom. The first-order valence-corrected chi connectivity index (χ1v) is 8.64. The fraction of sp³-hybridized carbons (Fsp3) is 0.278. The van der Waals surface area contributed by atoms with Crippen LogP contribution in [-0.2, 0) is 11.2 Å². The second-order valence-corrected chi connectivity index (χ2v) is 6.53. The first-order valence-electron chi connectivity index (χ1n) is 8.26. The predicted octanol–water partition coefficient (Wildman–Crippen LogP) is 2.27. The van der Waals surface area contributed by atoms with E-state index < -0.39 is 0 Å². The maximum Gasteiger partial charge on any atom is 0.227 e. The van der Waals surface area contributed by atoms with Crippen LogP contribution >= 0.6 is 11.6 Å². The number of hydrogen-bond donors (Lipinski definition) is 0. The normalized spacial score (nSPS) is 14.9. The second-order valence-electron chi connectivity index (χ2n) is 6.09. The lowest BCUT2D eigenvalue weighted by Gasteiger charge is -2.35. The van der Waals surface area contributed by atoms with Crippen LogP contribution in [0, 0.1) is 0 Å². The summed E-state index contributed by atoms with van der Waals surface area (Å²) in [6.45, 7) is 2.96. The van der Waals surface area contributed by atoms with Gasteiger partial charge in [0, 0.05) is 43.6 Å². The molecule has 4 rings (SSSR count). The molecule has 25 heavy (non-hydrogen) atoms. The molecule has 0 bridgehead atoms. The van der Waals surface area contributed by atoms with Gasteiger partial charge in [-0.05, 0) is 29.8 Å². The van der Waals surface area contributed by atoms with Crippen molar-refractivity contribution >= 4 is 29.0 Å². The number of aromatic nitrogens is 3. The molecule has 1 fully saturated rings. The monoisotopic (exact) mass is 355 g/mol. The van der Waals surface area contributed by atoms with Crippen molar-refractivity contribution in [3.63, 3.8) is 0 Å². The van der Waals surface area contributed by atoms with Crippen LogP contribution in [0.25, 0.3) is 5.65 Å². The summed E-state index contributed by atoms with van der Waals surface area (Å²) in [6, 6.07) is 11.4. The molecule has 6 nitrogen and oxygen atoms in total. The summed E-state index contributed by atoms with van der Waals surface area (Å²) >= 11 is 5.89. The van der Waals surface area contributed by atoms with Crippen molar-refractivity contribution in [2.75, 3.05) is 31.1 Å². The molecular weight excluding hydrogens is 338 g/mol.